The monoisotopic (exact) mass is 353 g/mol. The Hall–Kier alpha value is -2.15. The number of halogens is 1. The van der Waals surface area contributed by atoms with Crippen molar-refractivity contribution in [2.45, 2.75) is 38.6 Å². The Morgan fingerprint density at radius 1 is 1.33 bits per heavy atom. The summed E-state index contributed by atoms with van der Waals surface area (Å²) in [7, 11) is 0. The van der Waals surface area contributed by atoms with Gasteiger partial charge in [0.1, 0.15) is 5.15 Å². The molecule has 0 saturated heterocycles. The van der Waals surface area contributed by atoms with Gasteiger partial charge in [0, 0.05) is 12.2 Å². The van der Waals surface area contributed by atoms with Crippen LogP contribution in [-0.2, 0) is 9.53 Å². The number of urea groups is 1. The molecule has 0 unspecified atom stereocenters. The largest absolute Gasteiger partial charge is 0.452 e. The first kappa shape index (κ1) is 18.2. The van der Waals surface area contributed by atoms with E-state index in [2.05, 4.69) is 22.5 Å². The van der Waals surface area contributed by atoms with Gasteiger partial charge in [0.15, 0.2) is 6.61 Å². The summed E-state index contributed by atoms with van der Waals surface area (Å²) in [4.78, 5) is 39.1. The van der Waals surface area contributed by atoms with Crippen molar-refractivity contribution in [2.75, 3.05) is 6.61 Å². The zero-order valence-electron chi connectivity index (χ0n) is 13.4. The van der Waals surface area contributed by atoms with Crippen LogP contribution in [0.25, 0.3) is 0 Å². The fourth-order valence-electron chi connectivity index (χ4n) is 2.65. The van der Waals surface area contributed by atoms with Gasteiger partial charge in [0.25, 0.3) is 5.91 Å². The SMILES string of the molecule is C[C@H]1CCCC[C@H]1NC(=O)NC(=O)COC(=O)c1cccnc1Cl. The molecule has 1 aromatic heterocycles. The van der Waals surface area contributed by atoms with E-state index in [-0.39, 0.29) is 16.8 Å². The van der Waals surface area contributed by atoms with Gasteiger partial charge < -0.3 is 10.1 Å². The molecule has 2 atom stereocenters. The van der Waals surface area contributed by atoms with Crippen molar-refractivity contribution in [3.05, 3.63) is 29.0 Å². The minimum atomic E-state index is -0.774. The number of carbonyl (C=O) groups excluding carboxylic acids is 3. The van der Waals surface area contributed by atoms with E-state index in [1.807, 2.05) is 0 Å². The molecule has 0 aromatic carbocycles. The molecule has 2 rings (SSSR count). The highest BCUT2D eigenvalue weighted by Gasteiger charge is 2.23. The van der Waals surface area contributed by atoms with Gasteiger partial charge >= 0.3 is 12.0 Å². The smallest absolute Gasteiger partial charge is 0.341 e. The lowest BCUT2D eigenvalue weighted by Gasteiger charge is -2.29. The second-order valence-electron chi connectivity index (χ2n) is 5.81. The van der Waals surface area contributed by atoms with Gasteiger partial charge in [-0.25, -0.2) is 14.6 Å². The fraction of sp³-hybridized carbons (Fsp3) is 0.500. The number of pyridine rings is 1. The first-order valence-electron chi connectivity index (χ1n) is 7.85. The van der Waals surface area contributed by atoms with Crippen LogP contribution >= 0.6 is 11.6 Å². The van der Waals surface area contributed by atoms with Crippen LogP contribution in [0.4, 0.5) is 4.79 Å². The van der Waals surface area contributed by atoms with Crippen molar-refractivity contribution in [3.63, 3.8) is 0 Å². The molecule has 1 aliphatic rings. The second-order valence-corrected chi connectivity index (χ2v) is 6.17. The van der Waals surface area contributed by atoms with Crippen molar-refractivity contribution in [1.29, 1.82) is 0 Å². The van der Waals surface area contributed by atoms with E-state index in [4.69, 9.17) is 16.3 Å². The number of hydrogen-bond donors (Lipinski definition) is 2. The summed E-state index contributed by atoms with van der Waals surface area (Å²) in [6.07, 6.45) is 5.61. The highest BCUT2D eigenvalue weighted by molar-refractivity contribution is 6.32. The van der Waals surface area contributed by atoms with Crippen LogP contribution in [0.1, 0.15) is 43.0 Å². The Balaban J connectivity index is 1.75. The van der Waals surface area contributed by atoms with Crippen molar-refractivity contribution in [1.82, 2.24) is 15.6 Å². The fourth-order valence-corrected chi connectivity index (χ4v) is 2.84. The lowest BCUT2D eigenvalue weighted by molar-refractivity contribution is -0.123. The highest BCUT2D eigenvalue weighted by atomic mass is 35.5. The van der Waals surface area contributed by atoms with E-state index in [0.29, 0.717) is 5.92 Å². The zero-order chi connectivity index (χ0) is 17.5. The number of rotatable bonds is 4. The van der Waals surface area contributed by atoms with Crippen LogP contribution in [0, 0.1) is 5.92 Å². The number of aromatic nitrogens is 1. The normalized spacial score (nSPS) is 20.1. The molecule has 7 nitrogen and oxygen atoms in total. The van der Waals surface area contributed by atoms with E-state index in [1.165, 1.54) is 18.3 Å². The molecule has 0 bridgehead atoms. The quantitative estimate of drug-likeness (QED) is 0.639. The third-order valence-electron chi connectivity index (χ3n) is 3.99. The highest BCUT2D eigenvalue weighted by Crippen LogP contribution is 2.23. The standard InChI is InChI=1S/C16H20ClN3O4/c1-10-5-2-3-7-12(10)19-16(23)20-13(21)9-24-15(22)11-6-4-8-18-14(11)17/h4,6,8,10,12H,2-3,5,7,9H2,1H3,(H2,19,20,21,23)/t10-,12+/m0/s1. The van der Waals surface area contributed by atoms with Gasteiger partial charge in [-0.15, -0.1) is 0 Å². The average Bonchev–Trinajstić information content (AvgIpc) is 2.55. The van der Waals surface area contributed by atoms with Crippen LogP contribution < -0.4 is 10.6 Å². The average molecular weight is 354 g/mol. The van der Waals surface area contributed by atoms with Crippen molar-refractivity contribution in [3.8, 4) is 0 Å². The lowest BCUT2D eigenvalue weighted by Crippen LogP contribution is -2.48. The number of amides is 3. The van der Waals surface area contributed by atoms with E-state index in [1.54, 1.807) is 0 Å². The Bertz CT molecular complexity index is 623. The molecule has 1 aliphatic carbocycles. The van der Waals surface area contributed by atoms with Crippen LogP contribution in [-0.4, -0.2) is 35.5 Å². The van der Waals surface area contributed by atoms with Crippen LogP contribution in [0.5, 0.6) is 0 Å². The minimum absolute atomic E-state index is 0.00747. The molecule has 0 spiro atoms. The van der Waals surface area contributed by atoms with Crippen LogP contribution in [0.15, 0.2) is 18.3 Å². The molecule has 3 amide bonds. The summed E-state index contributed by atoms with van der Waals surface area (Å²) in [6, 6.07) is 2.45. The molecule has 0 radical (unpaired) electrons. The lowest BCUT2D eigenvalue weighted by atomic mass is 9.86. The van der Waals surface area contributed by atoms with E-state index >= 15 is 0 Å². The topological polar surface area (TPSA) is 97.4 Å². The molecule has 1 fully saturated rings. The maximum absolute atomic E-state index is 11.8. The van der Waals surface area contributed by atoms with Gasteiger partial charge in [0.2, 0.25) is 0 Å². The number of hydrogen-bond acceptors (Lipinski definition) is 5. The Kier molecular flexibility index (Phi) is 6.54. The minimum Gasteiger partial charge on any atom is -0.452 e. The molecular formula is C16H20ClN3O4. The van der Waals surface area contributed by atoms with Crippen LogP contribution in [0.2, 0.25) is 5.15 Å². The number of esters is 1. The van der Waals surface area contributed by atoms with Crippen molar-refractivity contribution >= 4 is 29.5 Å². The maximum atomic E-state index is 11.8. The summed E-state index contributed by atoms with van der Waals surface area (Å²) >= 11 is 5.76. The summed E-state index contributed by atoms with van der Waals surface area (Å²) in [5.41, 5.74) is 0.0625. The Morgan fingerprint density at radius 3 is 2.79 bits per heavy atom. The molecule has 1 aromatic rings. The molecule has 1 heterocycles. The van der Waals surface area contributed by atoms with Gasteiger partial charge in [-0.3, -0.25) is 10.1 Å². The predicted octanol–water partition coefficient (Wildman–Crippen LogP) is 2.30. The van der Waals surface area contributed by atoms with E-state index in [0.717, 1.165) is 25.7 Å². The Labute approximate surface area is 145 Å². The molecule has 8 heteroatoms. The Morgan fingerprint density at radius 2 is 2.08 bits per heavy atom. The van der Waals surface area contributed by atoms with E-state index in [9.17, 15) is 14.4 Å². The number of nitrogens with zero attached hydrogens (tertiary/aromatic N) is 1. The molecule has 0 aliphatic heterocycles. The summed E-state index contributed by atoms with van der Waals surface area (Å²) in [5.74, 6) is -1.10. The van der Waals surface area contributed by atoms with Gasteiger partial charge in [-0.05, 0) is 30.9 Å². The molecule has 130 valence electrons. The summed E-state index contributed by atoms with van der Waals surface area (Å²) < 4.78 is 4.83. The van der Waals surface area contributed by atoms with E-state index < -0.39 is 24.5 Å². The zero-order valence-corrected chi connectivity index (χ0v) is 14.1. The molecule has 24 heavy (non-hydrogen) atoms. The van der Waals surface area contributed by atoms with Crippen molar-refractivity contribution in [2.24, 2.45) is 5.92 Å². The van der Waals surface area contributed by atoms with Crippen LogP contribution in [0.3, 0.4) is 0 Å². The third-order valence-corrected chi connectivity index (χ3v) is 4.30. The maximum Gasteiger partial charge on any atom is 0.341 e. The van der Waals surface area contributed by atoms with Crippen molar-refractivity contribution < 1.29 is 19.1 Å². The van der Waals surface area contributed by atoms with Gasteiger partial charge in [-0.1, -0.05) is 31.4 Å². The number of imide groups is 1. The van der Waals surface area contributed by atoms with Gasteiger partial charge in [-0.2, -0.15) is 0 Å². The second kappa shape index (κ2) is 8.63. The van der Waals surface area contributed by atoms with Gasteiger partial charge in [0.05, 0.1) is 5.56 Å². The predicted molar refractivity (Wildman–Crippen MR) is 87.6 cm³/mol. The molecule has 2 N–H and O–H groups in total. The summed E-state index contributed by atoms with van der Waals surface area (Å²) in [6.45, 7) is 1.50. The first-order chi connectivity index (χ1) is 11.5. The third kappa shape index (κ3) is 5.19. The number of carbonyl (C=O) groups is 3. The summed E-state index contributed by atoms with van der Waals surface area (Å²) in [5, 5.41) is 4.93. The number of nitrogens with one attached hydrogen (secondary N) is 2. The molecule has 1 saturated carbocycles. The first-order valence-corrected chi connectivity index (χ1v) is 8.23. The number of ether oxygens (including phenoxy) is 1. The molecular weight excluding hydrogens is 334 g/mol.